The minimum atomic E-state index is 0.0764. The van der Waals surface area contributed by atoms with Crippen molar-refractivity contribution in [3.63, 3.8) is 0 Å². The lowest BCUT2D eigenvalue weighted by atomic mass is 10.2. The Morgan fingerprint density at radius 3 is 2.81 bits per heavy atom. The summed E-state index contributed by atoms with van der Waals surface area (Å²) in [5.74, 6) is 1.24. The summed E-state index contributed by atoms with van der Waals surface area (Å²) in [5, 5.41) is 0.886. The van der Waals surface area contributed by atoms with E-state index in [-0.39, 0.29) is 5.91 Å². The van der Waals surface area contributed by atoms with Crippen molar-refractivity contribution < 1.29 is 9.53 Å². The van der Waals surface area contributed by atoms with Crippen molar-refractivity contribution in [1.29, 1.82) is 0 Å². The van der Waals surface area contributed by atoms with Crippen LogP contribution in [0.4, 0.5) is 0 Å². The van der Waals surface area contributed by atoms with Crippen molar-refractivity contribution in [1.82, 2.24) is 14.5 Å². The van der Waals surface area contributed by atoms with Crippen molar-refractivity contribution >= 4 is 28.7 Å². The predicted molar refractivity (Wildman–Crippen MR) is 106 cm³/mol. The van der Waals surface area contributed by atoms with Crippen LogP contribution < -0.4 is 4.74 Å². The van der Waals surface area contributed by atoms with Gasteiger partial charge in [0.1, 0.15) is 5.75 Å². The summed E-state index contributed by atoms with van der Waals surface area (Å²) >= 11 is 1.49. The van der Waals surface area contributed by atoms with Crippen LogP contribution in [0.5, 0.6) is 5.75 Å². The smallest absolute Gasteiger partial charge is 0.233 e. The van der Waals surface area contributed by atoms with Gasteiger partial charge in [-0.25, -0.2) is 4.98 Å². The third-order valence-corrected chi connectivity index (χ3v) is 5.20. The van der Waals surface area contributed by atoms with Crippen LogP contribution in [0.2, 0.25) is 0 Å². The van der Waals surface area contributed by atoms with E-state index in [4.69, 9.17) is 4.74 Å². The minimum absolute atomic E-state index is 0.0764. The number of fused-ring (bicyclic) bond motifs is 1. The van der Waals surface area contributed by atoms with Crippen LogP contribution in [0, 0.1) is 0 Å². The second kappa shape index (κ2) is 8.27. The van der Waals surface area contributed by atoms with E-state index in [0.717, 1.165) is 34.0 Å². The quantitative estimate of drug-likeness (QED) is 0.594. The Bertz CT molecular complexity index is 907. The second-order valence-corrected chi connectivity index (χ2v) is 6.96. The molecular weight excluding hydrogens is 346 g/mol. The number of imidazole rings is 1. The summed E-state index contributed by atoms with van der Waals surface area (Å²) in [6.45, 7) is 3.48. The van der Waals surface area contributed by atoms with Crippen molar-refractivity contribution in [3.8, 4) is 5.75 Å². The van der Waals surface area contributed by atoms with Gasteiger partial charge in [0.2, 0.25) is 5.91 Å². The number of hydrogen-bond acceptors (Lipinski definition) is 4. The lowest BCUT2D eigenvalue weighted by molar-refractivity contribution is -0.127. The summed E-state index contributed by atoms with van der Waals surface area (Å²) in [4.78, 5) is 18.9. The molecule has 26 heavy (non-hydrogen) atoms. The molecule has 0 fully saturated rings. The van der Waals surface area contributed by atoms with Crippen molar-refractivity contribution in [2.24, 2.45) is 0 Å². The van der Waals surface area contributed by atoms with Gasteiger partial charge in [-0.1, -0.05) is 36.0 Å². The highest BCUT2D eigenvalue weighted by Gasteiger charge is 2.14. The number of nitrogens with zero attached hydrogens (tertiary/aromatic N) is 3. The Morgan fingerprint density at radius 2 is 2.04 bits per heavy atom. The Hall–Kier alpha value is -2.47. The second-order valence-electron chi connectivity index (χ2n) is 6.02. The fourth-order valence-electron chi connectivity index (χ4n) is 2.84. The first-order chi connectivity index (χ1) is 12.6. The van der Waals surface area contributed by atoms with Crippen LogP contribution in [0.3, 0.4) is 0 Å². The van der Waals surface area contributed by atoms with Gasteiger partial charge < -0.3 is 14.2 Å². The van der Waals surface area contributed by atoms with Gasteiger partial charge >= 0.3 is 0 Å². The maximum atomic E-state index is 12.5. The van der Waals surface area contributed by atoms with Crippen LogP contribution in [-0.2, 0) is 17.9 Å². The van der Waals surface area contributed by atoms with Gasteiger partial charge in [0.25, 0.3) is 0 Å². The van der Waals surface area contributed by atoms with E-state index in [0.29, 0.717) is 12.3 Å². The molecule has 0 radical (unpaired) electrons. The lowest BCUT2D eigenvalue weighted by Gasteiger charge is -2.17. The number of carbonyl (C=O) groups is 1. The van der Waals surface area contributed by atoms with E-state index in [1.54, 1.807) is 12.0 Å². The molecule has 0 N–H and O–H groups in total. The van der Waals surface area contributed by atoms with E-state index in [1.807, 2.05) is 49.5 Å². The molecule has 0 unspecified atom stereocenters. The number of thioether (sulfide) groups is 1. The number of rotatable bonds is 7. The molecule has 0 aliphatic heterocycles. The number of benzene rings is 2. The standard InChI is InChI=1S/C20H23N3O2S/c1-4-23-18-11-6-5-10-17(18)21-20(23)26-14-19(24)22(2)13-15-8-7-9-16(12-15)25-3/h5-12H,4,13-14H2,1-3H3. The topological polar surface area (TPSA) is 47.4 Å². The Labute approximate surface area is 158 Å². The van der Waals surface area contributed by atoms with Crippen molar-refractivity contribution in [3.05, 3.63) is 54.1 Å². The Morgan fingerprint density at radius 1 is 1.23 bits per heavy atom. The lowest BCUT2D eigenvalue weighted by Crippen LogP contribution is -2.27. The molecule has 3 rings (SSSR count). The van der Waals surface area contributed by atoms with E-state index in [1.165, 1.54) is 11.8 Å². The van der Waals surface area contributed by atoms with Crippen molar-refractivity contribution in [2.45, 2.75) is 25.2 Å². The predicted octanol–water partition coefficient (Wildman–Crippen LogP) is 3.82. The number of ether oxygens (including phenoxy) is 1. The molecule has 1 aromatic heterocycles. The number of carbonyl (C=O) groups excluding carboxylic acids is 1. The van der Waals surface area contributed by atoms with Gasteiger partial charge in [0.05, 0.1) is 23.9 Å². The maximum Gasteiger partial charge on any atom is 0.233 e. The summed E-state index contributed by atoms with van der Waals surface area (Å²) < 4.78 is 7.39. The summed E-state index contributed by atoms with van der Waals surface area (Å²) in [5.41, 5.74) is 3.12. The van der Waals surface area contributed by atoms with Gasteiger partial charge in [-0.2, -0.15) is 0 Å². The normalized spacial score (nSPS) is 10.9. The monoisotopic (exact) mass is 369 g/mol. The first-order valence-corrected chi connectivity index (χ1v) is 9.56. The van der Waals surface area contributed by atoms with Crippen LogP contribution in [0.1, 0.15) is 12.5 Å². The zero-order chi connectivity index (χ0) is 18.5. The number of aromatic nitrogens is 2. The van der Waals surface area contributed by atoms with Crippen molar-refractivity contribution in [2.75, 3.05) is 19.9 Å². The van der Waals surface area contributed by atoms with Crippen LogP contribution >= 0.6 is 11.8 Å². The van der Waals surface area contributed by atoms with Gasteiger partial charge in [0.15, 0.2) is 5.16 Å². The van der Waals surface area contributed by atoms with Gasteiger partial charge in [0, 0.05) is 20.1 Å². The molecule has 5 nitrogen and oxygen atoms in total. The molecule has 3 aromatic rings. The van der Waals surface area contributed by atoms with E-state index in [9.17, 15) is 4.79 Å². The molecule has 1 amide bonds. The molecule has 2 aromatic carbocycles. The summed E-state index contributed by atoms with van der Waals surface area (Å²) in [7, 11) is 3.47. The third kappa shape index (κ3) is 4.02. The molecule has 0 bridgehead atoms. The third-order valence-electron chi connectivity index (χ3n) is 4.24. The molecule has 0 aliphatic carbocycles. The molecule has 1 heterocycles. The number of methoxy groups -OCH3 is 1. The van der Waals surface area contributed by atoms with Crippen LogP contribution in [-0.4, -0.2) is 40.3 Å². The number of para-hydroxylation sites is 2. The van der Waals surface area contributed by atoms with Crippen LogP contribution in [0.15, 0.2) is 53.7 Å². The molecule has 0 saturated carbocycles. The number of hydrogen-bond donors (Lipinski definition) is 0. The molecule has 0 spiro atoms. The Balaban J connectivity index is 1.64. The highest BCUT2D eigenvalue weighted by molar-refractivity contribution is 7.99. The summed E-state index contributed by atoms with van der Waals surface area (Å²) in [6.07, 6.45) is 0. The molecular formula is C20H23N3O2S. The number of amides is 1. The fourth-order valence-corrected chi connectivity index (χ4v) is 3.86. The summed E-state index contributed by atoms with van der Waals surface area (Å²) in [6, 6.07) is 15.8. The maximum absolute atomic E-state index is 12.5. The van der Waals surface area contributed by atoms with Gasteiger partial charge in [-0.3, -0.25) is 4.79 Å². The molecule has 0 atom stereocenters. The molecule has 136 valence electrons. The van der Waals surface area contributed by atoms with Crippen LogP contribution in [0.25, 0.3) is 11.0 Å². The average Bonchev–Trinajstić information content (AvgIpc) is 3.03. The molecule has 0 saturated heterocycles. The van der Waals surface area contributed by atoms with Gasteiger partial charge in [-0.05, 0) is 36.8 Å². The SMILES string of the molecule is CCn1c(SCC(=O)N(C)Cc2cccc(OC)c2)nc2ccccc21. The zero-order valence-corrected chi connectivity index (χ0v) is 16.1. The fraction of sp³-hybridized carbons (Fsp3) is 0.300. The number of aryl methyl sites for hydroxylation is 1. The average molecular weight is 369 g/mol. The van der Waals surface area contributed by atoms with E-state index in [2.05, 4.69) is 22.5 Å². The highest BCUT2D eigenvalue weighted by Crippen LogP contribution is 2.24. The first-order valence-electron chi connectivity index (χ1n) is 8.57. The zero-order valence-electron chi connectivity index (χ0n) is 15.3. The first kappa shape index (κ1) is 18.3. The molecule has 6 heteroatoms. The van der Waals surface area contributed by atoms with E-state index >= 15 is 0 Å². The minimum Gasteiger partial charge on any atom is -0.497 e. The Kier molecular flexibility index (Phi) is 5.83. The van der Waals surface area contributed by atoms with E-state index < -0.39 is 0 Å². The molecule has 0 aliphatic rings. The van der Waals surface area contributed by atoms with Gasteiger partial charge in [-0.15, -0.1) is 0 Å². The largest absolute Gasteiger partial charge is 0.497 e. The highest BCUT2D eigenvalue weighted by atomic mass is 32.2.